The highest BCUT2D eigenvalue weighted by Gasteiger charge is 2.33. The summed E-state index contributed by atoms with van der Waals surface area (Å²) in [6, 6.07) is 14.8. The minimum atomic E-state index is -0.480. The van der Waals surface area contributed by atoms with E-state index in [9.17, 15) is 14.9 Å². The molecule has 0 unspecified atom stereocenters. The lowest BCUT2D eigenvalue weighted by atomic mass is 9.80. The summed E-state index contributed by atoms with van der Waals surface area (Å²) in [5.41, 5.74) is 4.02. The van der Waals surface area contributed by atoms with Gasteiger partial charge in [-0.2, -0.15) is 5.26 Å². The van der Waals surface area contributed by atoms with Gasteiger partial charge < -0.3 is 5.32 Å². The molecule has 2 aromatic rings. The molecule has 0 radical (unpaired) electrons. The van der Waals surface area contributed by atoms with Crippen molar-refractivity contribution in [3.8, 4) is 6.07 Å². The second-order valence-corrected chi connectivity index (χ2v) is 9.06. The first-order valence-electron chi connectivity index (χ1n) is 9.53. The molecule has 0 amide bonds. The Morgan fingerprint density at radius 1 is 1.13 bits per heavy atom. The van der Waals surface area contributed by atoms with Crippen molar-refractivity contribution in [2.24, 2.45) is 0 Å². The number of ketones is 2. The molecule has 0 bridgehead atoms. The lowest BCUT2D eigenvalue weighted by molar-refractivity contribution is -0.113. The Bertz CT molecular complexity index is 1180. The van der Waals surface area contributed by atoms with Crippen molar-refractivity contribution < 1.29 is 9.59 Å². The number of dihydropyridines is 1. The van der Waals surface area contributed by atoms with Gasteiger partial charge in [-0.15, -0.1) is 0 Å². The van der Waals surface area contributed by atoms with Crippen molar-refractivity contribution in [3.05, 3.63) is 91.1 Å². The van der Waals surface area contributed by atoms with Crippen LogP contribution in [0.15, 0.2) is 64.3 Å². The molecule has 0 saturated heterocycles. The molecule has 31 heavy (non-hydrogen) atoms. The van der Waals surface area contributed by atoms with Crippen LogP contribution in [0.2, 0.25) is 10.0 Å². The standard InChI is InChI=1S/C24H20Cl2N2O2S/c1-13-5-4-6-17(9-13)23-18(11-27)24(28-14(2)22(23)15(3)29)31-12-21(30)16-7-8-19(25)20(26)10-16/h4-10,23,28H,12H2,1-3H3/t23-/m0/s1. The summed E-state index contributed by atoms with van der Waals surface area (Å²) in [5.74, 6) is -0.609. The Balaban J connectivity index is 1.95. The van der Waals surface area contributed by atoms with Crippen LogP contribution >= 0.6 is 35.0 Å². The van der Waals surface area contributed by atoms with Gasteiger partial charge in [0.05, 0.1) is 38.4 Å². The van der Waals surface area contributed by atoms with Crippen molar-refractivity contribution in [2.45, 2.75) is 26.7 Å². The number of halogens is 2. The number of thioether (sulfide) groups is 1. The normalized spacial score (nSPS) is 16.1. The Hall–Kier alpha value is -2.52. The van der Waals surface area contributed by atoms with Crippen LogP contribution in [0.1, 0.15) is 41.3 Å². The second kappa shape index (κ2) is 9.74. The van der Waals surface area contributed by atoms with Crippen LogP contribution in [0.4, 0.5) is 0 Å². The van der Waals surface area contributed by atoms with E-state index in [2.05, 4.69) is 11.4 Å². The minimum absolute atomic E-state index is 0.0970. The van der Waals surface area contributed by atoms with Crippen LogP contribution in [0.25, 0.3) is 0 Å². The van der Waals surface area contributed by atoms with E-state index in [-0.39, 0.29) is 17.3 Å². The minimum Gasteiger partial charge on any atom is -0.353 e. The van der Waals surface area contributed by atoms with Crippen molar-refractivity contribution >= 4 is 46.5 Å². The van der Waals surface area contributed by atoms with Gasteiger partial charge in [0.15, 0.2) is 11.6 Å². The molecule has 158 valence electrons. The maximum Gasteiger partial charge on any atom is 0.173 e. The Labute approximate surface area is 195 Å². The van der Waals surface area contributed by atoms with E-state index < -0.39 is 5.92 Å². The van der Waals surface area contributed by atoms with E-state index in [1.165, 1.54) is 24.8 Å². The third-order valence-electron chi connectivity index (χ3n) is 4.99. The molecule has 2 aromatic carbocycles. The van der Waals surface area contributed by atoms with Gasteiger partial charge in [-0.3, -0.25) is 9.59 Å². The fraction of sp³-hybridized carbons (Fsp3) is 0.208. The smallest absolute Gasteiger partial charge is 0.173 e. The molecule has 1 aliphatic rings. The van der Waals surface area contributed by atoms with E-state index >= 15 is 0 Å². The van der Waals surface area contributed by atoms with Crippen LogP contribution in [-0.2, 0) is 4.79 Å². The summed E-state index contributed by atoms with van der Waals surface area (Å²) in [5, 5.41) is 14.4. The number of aryl methyl sites for hydroxylation is 1. The van der Waals surface area contributed by atoms with Crippen molar-refractivity contribution in [1.29, 1.82) is 5.26 Å². The molecule has 4 nitrogen and oxygen atoms in total. The Morgan fingerprint density at radius 2 is 1.87 bits per heavy atom. The summed E-state index contributed by atoms with van der Waals surface area (Å²) in [6.45, 7) is 5.29. The largest absolute Gasteiger partial charge is 0.353 e. The predicted molar refractivity (Wildman–Crippen MR) is 126 cm³/mol. The highest BCUT2D eigenvalue weighted by atomic mass is 35.5. The fourth-order valence-corrected chi connectivity index (χ4v) is 4.85. The number of nitrogens with one attached hydrogen (secondary N) is 1. The molecule has 0 fully saturated rings. The van der Waals surface area contributed by atoms with Gasteiger partial charge in [-0.05, 0) is 44.5 Å². The van der Waals surface area contributed by atoms with E-state index in [1.807, 2.05) is 38.1 Å². The fourth-order valence-electron chi connectivity index (χ4n) is 3.57. The number of carbonyl (C=O) groups excluding carboxylic acids is 2. The number of rotatable bonds is 6. The predicted octanol–water partition coefficient (Wildman–Crippen LogP) is 6.20. The second-order valence-electron chi connectivity index (χ2n) is 7.26. The summed E-state index contributed by atoms with van der Waals surface area (Å²) < 4.78 is 0. The molecule has 1 aliphatic heterocycles. The van der Waals surface area contributed by atoms with Crippen LogP contribution in [0.3, 0.4) is 0 Å². The molecule has 0 aromatic heterocycles. The zero-order chi connectivity index (χ0) is 22.7. The molecule has 0 spiro atoms. The molecular weight excluding hydrogens is 451 g/mol. The number of benzene rings is 2. The van der Waals surface area contributed by atoms with Gasteiger partial charge in [0.2, 0.25) is 0 Å². The summed E-state index contributed by atoms with van der Waals surface area (Å²) in [7, 11) is 0. The quantitative estimate of drug-likeness (QED) is 0.508. The highest BCUT2D eigenvalue weighted by molar-refractivity contribution is 8.03. The van der Waals surface area contributed by atoms with Crippen molar-refractivity contribution in [1.82, 2.24) is 5.32 Å². The van der Waals surface area contributed by atoms with Gasteiger partial charge in [0.1, 0.15) is 0 Å². The first-order valence-corrected chi connectivity index (χ1v) is 11.3. The molecular formula is C24H20Cl2N2O2S. The first-order chi connectivity index (χ1) is 14.7. The van der Waals surface area contributed by atoms with Crippen LogP contribution in [-0.4, -0.2) is 17.3 Å². The highest BCUT2D eigenvalue weighted by Crippen LogP contribution is 2.41. The molecule has 1 atom stereocenters. The Kier molecular flexibility index (Phi) is 7.27. The van der Waals surface area contributed by atoms with E-state index in [1.54, 1.807) is 12.1 Å². The lowest BCUT2D eigenvalue weighted by Gasteiger charge is -2.29. The molecule has 0 aliphatic carbocycles. The number of Topliss-reactive ketones (excluding diaryl/α,β-unsaturated/α-hetero) is 2. The molecule has 1 N–H and O–H groups in total. The van der Waals surface area contributed by atoms with E-state index in [0.29, 0.717) is 37.5 Å². The van der Waals surface area contributed by atoms with Gasteiger partial charge >= 0.3 is 0 Å². The van der Waals surface area contributed by atoms with Gasteiger partial charge in [0, 0.05) is 16.8 Å². The van der Waals surface area contributed by atoms with Gasteiger partial charge in [-0.1, -0.05) is 64.8 Å². The molecule has 1 heterocycles. The molecule has 7 heteroatoms. The Morgan fingerprint density at radius 3 is 2.48 bits per heavy atom. The summed E-state index contributed by atoms with van der Waals surface area (Å²) >= 11 is 13.2. The molecule has 0 saturated carbocycles. The number of nitrogens with zero attached hydrogens (tertiary/aromatic N) is 1. The monoisotopic (exact) mass is 470 g/mol. The summed E-state index contributed by atoms with van der Waals surface area (Å²) in [4.78, 5) is 25.1. The third kappa shape index (κ3) is 5.04. The average molecular weight is 471 g/mol. The average Bonchev–Trinajstić information content (AvgIpc) is 2.73. The number of carbonyl (C=O) groups is 2. The van der Waals surface area contributed by atoms with Crippen LogP contribution in [0.5, 0.6) is 0 Å². The SMILES string of the molecule is CC(=O)C1=C(C)NC(SCC(=O)c2ccc(Cl)c(Cl)c2)=C(C#N)[C@@H]1c1cccc(C)c1. The third-order valence-corrected chi connectivity index (χ3v) is 6.75. The van der Waals surface area contributed by atoms with Gasteiger partial charge in [-0.25, -0.2) is 0 Å². The number of allylic oxidation sites excluding steroid dienone is 3. The number of hydrogen-bond donors (Lipinski definition) is 1. The zero-order valence-electron chi connectivity index (χ0n) is 17.3. The van der Waals surface area contributed by atoms with Crippen molar-refractivity contribution in [2.75, 3.05) is 5.75 Å². The maximum absolute atomic E-state index is 12.7. The van der Waals surface area contributed by atoms with Gasteiger partial charge in [0.25, 0.3) is 0 Å². The lowest BCUT2D eigenvalue weighted by Crippen LogP contribution is -2.27. The van der Waals surface area contributed by atoms with E-state index in [0.717, 1.165) is 11.1 Å². The van der Waals surface area contributed by atoms with E-state index in [4.69, 9.17) is 23.2 Å². The maximum atomic E-state index is 12.7. The zero-order valence-corrected chi connectivity index (χ0v) is 19.6. The number of nitriles is 1. The molecule has 3 rings (SSSR count). The van der Waals surface area contributed by atoms with Crippen molar-refractivity contribution in [3.63, 3.8) is 0 Å². The first kappa shape index (κ1) is 23.1. The number of hydrogen-bond acceptors (Lipinski definition) is 5. The van der Waals surface area contributed by atoms with Crippen LogP contribution in [0, 0.1) is 18.3 Å². The van der Waals surface area contributed by atoms with Crippen LogP contribution < -0.4 is 5.32 Å². The topological polar surface area (TPSA) is 70.0 Å². The summed E-state index contributed by atoms with van der Waals surface area (Å²) in [6.07, 6.45) is 0.